The molecule has 0 aliphatic heterocycles. The number of anilines is 1. The first kappa shape index (κ1) is 13.5. The van der Waals surface area contributed by atoms with Gasteiger partial charge in [-0.2, -0.15) is 0 Å². The number of aromatic nitrogens is 3. The van der Waals surface area contributed by atoms with Crippen molar-refractivity contribution in [3.8, 4) is 5.75 Å². The Kier molecular flexibility index (Phi) is 3.94. The smallest absolute Gasteiger partial charge is 0.325 e. The predicted octanol–water partition coefficient (Wildman–Crippen LogP) is 0.624. The predicted molar refractivity (Wildman–Crippen MR) is 68.6 cm³/mol. The second kappa shape index (κ2) is 5.83. The van der Waals surface area contributed by atoms with Crippen LogP contribution in [0, 0.1) is 0 Å². The molecule has 8 heteroatoms. The van der Waals surface area contributed by atoms with Gasteiger partial charge in [-0.05, 0) is 24.3 Å². The Balaban J connectivity index is 2.03. The van der Waals surface area contributed by atoms with Crippen molar-refractivity contribution in [3.63, 3.8) is 0 Å². The van der Waals surface area contributed by atoms with Crippen LogP contribution in [0.15, 0.2) is 30.6 Å². The second-order valence-electron chi connectivity index (χ2n) is 3.84. The topological polar surface area (TPSA) is 106 Å². The molecule has 0 atom stereocenters. The van der Waals surface area contributed by atoms with Crippen molar-refractivity contribution in [3.05, 3.63) is 36.2 Å². The minimum atomic E-state index is -1.04. The first-order valence-electron chi connectivity index (χ1n) is 5.65. The van der Waals surface area contributed by atoms with Crippen molar-refractivity contribution < 1.29 is 19.4 Å². The van der Waals surface area contributed by atoms with E-state index in [1.807, 2.05) is 0 Å². The first-order valence-corrected chi connectivity index (χ1v) is 5.65. The van der Waals surface area contributed by atoms with Crippen LogP contribution in [-0.4, -0.2) is 38.9 Å². The molecule has 0 fully saturated rings. The molecule has 20 heavy (non-hydrogen) atoms. The molecular weight excluding hydrogens is 264 g/mol. The zero-order valence-corrected chi connectivity index (χ0v) is 10.6. The molecule has 0 saturated heterocycles. The van der Waals surface area contributed by atoms with Gasteiger partial charge in [0.1, 0.15) is 18.6 Å². The minimum Gasteiger partial charge on any atom is -0.497 e. The Morgan fingerprint density at radius 1 is 1.35 bits per heavy atom. The molecule has 0 bridgehead atoms. The van der Waals surface area contributed by atoms with Gasteiger partial charge in [0.25, 0.3) is 5.91 Å². The summed E-state index contributed by atoms with van der Waals surface area (Å²) in [6.07, 6.45) is 1.23. The van der Waals surface area contributed by atoms with Crippen LogP contribution < -0.4 is 10.1 Å². The molecule has 2 rings (SSSR count). The molecule has 104 valence electrons. The summed E-state index contributed by atoms with van der Waals surface area (Å²) in [6, 6.07) is 6.52. The van der Waals surface area contributed by atoms with Crippen LogP contribution in [0.1, 0.15) is 10.4 Å². The van der Waals surface area contributed by atoms with Crippen molar-refractivity contribution in [1.82, 2.24) is 14.8 Å². The van der Waals surface area contributed by atoms with Gasteiger partial charge >= 0.3 is 5.97 Å². The van der Waals surface area contributed by atoms with E-state index in [0.29, 0.717) is 11.3 Å². The lowest BCUT2D eigenvalue weighted by Crippen LogP contribution is -2.14. The number of carboxylic acids is 1. The molecule has 1 aromatic carbocycles. The third-order valence-electron chi connectivity index (χ3n) is 2.41. The molecule has 2 aromatic rings. The lowest BCUT2D eigenvalue weighted by Gasteiger charge is -2.02. The van der Waals surface area contributed by atoms with Crippen LogP contribution in [0.5, 0.6) is 5.75 Å². The number of rotatable bonds is 5. The van der Waals surface area contributed by atoms with Gasteiger partial charge in [-0.1, -0.05) is 0 Å². The van der Waals surface area contributed by atoms with Crippen molar-refractivity contribution in [2.75, 3.05) is 12.4 Å². The highest BCUT2D eigenvalue weighted by Crippen LogP contribution is 2.12. The van der Waals surface area contributed by atoms with Gasteiger partial charge in [-0.25, -0.2) is 9.67 Å². The van der Waals surface area contributed by atoms with E-state index < -0.39 is 5.97 Å². The van der Waals surface area contributed by atoms with Crippen LogP contribution in [0.25, 0.3) is 0 Å². The van der Waals surface area contributed by atoms with Crippen LogP contribution >= 0.6 is 0 Å². The molecule has 0 aliphatic rings. The highest BCUT2D eigenvalue weighted by molar-refractivity contribution is 6.03. The van der Waals surface area contributed by atoms with E-state index in [9.17, 15) is 9.59 Å². The molecule has 1 aromatic heterocycles. The summed E-state index contributed by atoms with van der Waals surface area (Å²) in [5.41, 5.74) is 0.417. The Labute approximate surface area is 114 Å². The van der Waals surface area contributed by atoms with E-state index in [2.05, 4.69) is 15.4 Å². The standard InChI is InChI=1S/C12H12N4O4/c1-20-9-4-2-8(3-5-9)11(19)14-12-13-7-16(15-12)6-10(17)18/h2-5,7H,6H2,1H3,(H,17,18)(H,14,15,19). The Morgan fingerprint density at radius 2 is 2.05 bits per heavy atom. The Hall–Kier alpha value is -2.90. The summed E-state index contributed by atoms with van der Waals surface area (Å²) in [5, 5.41) is 14.9. The number of ether oxygens (including phenoxy) is 1. The van der Waals surface area contributed by atoms with Crippen molar-refractivity contribution in [2.24, 2.45) is 0 Å². The van der Waals surface area contributed by atoms with E-state index in [-0.39, 0.29) is 18.4 Å². The number of carbonyl (C=O) groups excluding carboxylic acids is 1. The minimum absolute atomic E-state index is 0.0482. The maximum absolute atomic E-state index is 11.9. The van der Waals surface area contributed by atoms with E-state index in [4.69, 9.17) is 9.84 Å². The van der Waals surface area contributed by atoms with Crippen molar-refractivity contribution >= 4 is 17.8 Å². The number of hydrogen-bond acceptors (Lipinski definition) is 5. The van der Waals surface area contributed by atoms with E-state index in [0.717, 1.165) is 4.68 Å². The van der Waals surface area contributed by atoms with Gasteiger partial charge in [-0.3, -0.25) is 14.9 Å². The maximum atomic E-state index is 11.9. The first-order chi connectivity index (χ1) is 9.58. The van der Waals surface area contributed by atoms with E-state index in [1.54, 1.807) is 24.3 Å². The summed E-state index contributed by atoms with van der Waals surface area (Å²) in [7, 11) is 1.54. The zero-order chi connectivity index (χ0) is 14.5. The van der Waals surface area contributed by atoms with Crippen LogP contribution in [-0.2, 0) is 11.3 Å². The largest absolute Gasteiger partial charge is 0.497 e. The monoisotopic (exact) mass is 276 g/mol. The SMILES string of the molecule is COc1ccc(C(=O)Nc2ncn(CC(=O)O)n2)cc1. The van der Waals surface area contributed by atoms with Crippen molar-refractivity contribution in [2.45, 2.75) is 6.54 Å². The fourth-order valence-electron chi connectivity index (χ4n) is 1.48. The molecule has 0 radical (unpaired) electrons. The summed E-state index contributed by atoms with van der Waals surface area (Å²) in [6.45, 7) is -0.314. The number of nitrogens with zero attached hydrogens (tertiary/aromatic N) is 3. The van der Waals surface area contributed by atoms with Gasteiger partial charge in [-0.15, -0.1) is 5.10 Å². The molecule has 8 nitrogen and oxygen atoms in total. The number of aliphatic carboxylic acids is 1. The zero-order valence-electron chi connectivity index (χ0n) is 10.6. The number of nitrogens with one attached hydrogen (secondary N) is 1. The number of benzene rings is 1. The van der Waals surface area contributed by atoms with Crippen molar-refractivity contribution in [1.29, 1.82) is 0 Å². The van der Waals surface area contributed by atoms with E-state index >= 15 is 0 Å². The number of hydrogen-bond donors (Lipinski definition) is 2. The highest BCUT2D eigenvalue weighted by atomic mass is 16.5. The van der Waals surface area contributed by atoms with Gasteiger partial charge in [0, 0.05) is 5.56 Å². The fourth-order valence-corrected chi connectivity index (χ4v) is 1.48. The average Bonchev–Trinajstić information content (AvgIpc) is 2.85. The lowest BCUT2D eigenvalue weighted by molar-refractivity contribution is -0.137. The normalized spacial score (nSPS) is 10.1. The molecule has 1 heterocycles. The van der Waals surface area contributed by atoms with E-state index in [1.165, 1.54) is 13.4 Å². The third kappa shape index (κ3) is 3.31. The van der Waals surface area contributed by atoms with Crippen LogP contribution in [0.2, 0.25) is 0 Å². The number of carbonyl (C=O) groups is 2. The van der Waals surface area contributed by atoms with Gasteiger partial charge in [0.05, 0.1) is 7.11 Å². The highest BCUT2D eigenvalue weighted by Gasteiger charge is 2.10. The van der Waals surface area contributed by atoms with Crippen LogP contribution in [0.3, 0.4) is 0 Å². The molecule has 0 unspecified atom stereocenters. The number of methoxy groups -OCH3 is 1. The molecular formula is C12H12N4O4. The number of carboxylic acid groups (broad SMARTS) is 1. The summed E-state index contributed by atoms with van der Waals surface area (Å²) >= 11 is 0. The van der Waals surface area contributed by atoms with Crippen LogP contribution in [0.4, 0.5) is 5.95 Å². The molecule has 0 saturated carbocycles. The molecule has 0 spiro atoms. The average molecular weight is 276 g/mol. The fraction of sp³-hybridized carbons (Fsp3) is 0.167. The number of amides is 1. The summed E-state index contributed by atoms with van der Waals surface area (Å²) in [5.74, 6) is -0.735. The third-order valence-corrected chi connectivity index (χ3v) is 2.41. The molecule has 1 amide bonds. The van der Waals surface area contributed by atoms with Gasteiger partial charge in [0.15, 0.2) is 0 Å². The molecule has 0 aliphatic carbocycles. The molecule has 2 N–H and O–H groups in total. The summed E-state index contributed by atoms with van der Waals surface area (Å²) in [4.78, 5) is 26.2. The Morgan fingerprint density at radius 3 is 2.65 bits per heavy atom. The Bertz CT molecular complexity index is 621. The quantitative estimate of drug-likeness (QED) is 0.829. The maximum Gasteiger partial charge on any atom is 0.325 e. The second-order valence-corrected chi connectivity index (χ2v) is 3.84. The van der Waals surface area contributed by atoms with Gasteiger partial charge in [0.2, 0.25) is 5.95 Å². The summed E-state index contributed by atoms with van der Waals surface area (Å²) < 4.78 is 6.11. The van der Waals surface area contributed by atoms with Gasteiger partial charge < -0.3 is 9.84 Å². The lowest BCUT2D eigenvalue weighted by atomic mass is 10.2.